The minimum atomic E-state index is -3.90. The molecule has 0 radical (unpaired) electrons. The third kappa shape index (κ3) is 6.46. The molecule has 144 valence electrons. The van der Waals surface area contributed by atoms with Crippen molar-refractivity contribution in [2.45, 2.75) is 38.5 Å². The Morgan fingerprint density at radius 1 is 1.04 bits per heavy atom. The summed E-state index contributed by atoms with van der Waals surface area (Å²) in [6, 6.07) is 6.15. The van der Waals surface area contributed by atoms with Gasteiger partial charge in [-0.3, -0.25) is 0 Å². The van der Waals surface area contributed by atoms with E-state index in [9.17, 15) is 18.0 Å². The lowest BCUT2D eigenvalue weighted by atomic mass is 10.2. The van der Waals surface area contributed by atoms with Crippen molar-refractivity contribution in [2.75, 3.05) is 19.0 Å². The molecule has 0 aliphatic rings. The number of halogens is 1. The number of hydrogen-bond donors (Lipinski definition) is 0. The van der Waals surface area contributed by atoms with Crippen molar-refractivity contribution in [3.63, 3.8) is 0 Å². The molecule has 0 aromatic heterocycles. The molecule has 1 aromatic rings. The molecule has 0 bridgehead atoms. The SMILES string of the molecule is CCCCOC(=O)/C(CS(=O)(=O)c1ccc(C)cc1)=C(/Cl)C(=O)OCC. The average Bonchev–Trinajstić information content (AvgIpc) is 2.59. The van der Waals surface area contributed by atoms with E-state index in [1.807, 2.05) is 13.8 Å². The summed E-state index contributed by atoms with van der Waals surface area (Å²) in [6.45, 7) is 5.46. The van der Waals surface area contributed by atoms with Crippen LogP contribution < -0.4 is 0 Å². The lowest BCUT2D eigenvalue weighted by Crippen LogP contribution is -2.21. The van der Waals surface area contributed by atoms with Gasteiger partial charge in [0, 0.05) is 0 Å². The quantitative estimate of drug-likeness (QED) is 0.358. The Morgan fingerprint density at radius 3 is 2.19 bits per heavy atom. The fourth-order valence-corrected chi connectivity index (χ4v) is 3.58. The van der Waals surface area contributed by atoms with E-state index < -0.39 is 38.1 Å². The Kier molecular flexibility index (Phi) is 8.81. The molecule has 26 heavy (non-hydrogen) atoms. The lowest BCUT2D eigenvalue weighted by molar-refractivity contribution is -0.141. The van der Waals surface area contributed by atoms with Crippen molar-refractivity contribution in [2.24, 2.45) is 0 Å². The van der Waals surface area contributed by atoms with Gasteiger partial charge in [-0.25, -0.2) is 18.0 Å². The number of benzene rings is 1. The normalized spacial score (nSPS) is 12.3. The minimum Gasteiger partial charge on any atom is -0.462 e. The van der Waals surface area contributed by atoms with Gasteiger partial charge in [-0.05, 0) is 32.4 Å². The molecule has 6 nitrogen and oxygen atoms in total. The summed E-state index contributed by atoms with van der Waals surface area (Å²) in [4.78, 5) is 24.2. The van der Waals surface area contributed by atoms with E-state index in [1.54, 1.807) is 19.1 Å². The van der Waals surface area contributed by atoms with Gasteiger partial charge in [-0.15, -0.1) is 0 Å². The van der Waals surface area contributed by atoms with Gasteiger partial charge in [0.15, 0.2) is 9.84 Å². The second-order valence-corrected chi connectivity index (χ2v) is 7.94. The molecule has 0 N–H and O–H groups in total. The second kappa shape index (κ2) is 10.3. The Labute approximate surface area is 159 Å². The van der Waals surface area contributed by atoms with Crippen molar-refractivity contribution < 1.29 is 27.5 Å². The molecule has 0 fully saturated rings. The summed E-state index contributed by atoms with van der Waals surface area (Å²) in [7, 11) is -3.90. The molecule has 1 rings (SSSR count). The summed E-state index contributed by atoms with van der Waals surface area (Å²) in [6.07, 6.45) is 1.40. The maximum atomic E-state index is 12.6. The Balaban J connectivity index is 3.19. The fourth-order valence-electron chi connectivity index (χ4n) is 1.94. The highest BCUT2D eigenvalue weighted by Crippen LogP contribution is 2.21. The first kappa shape index (κ1) is 22.2. The van der Waals surface area contributed by atoms with Gasteiger partial charge in [-0.2, -0.15) is 0 Å². The zero-order chi connectivity index (χ0) is 19.7. The molecule has 0 aliphatic carbocycles. The first-order chi connectivity index (χ1) is 12.2. The van der Waals surface area contributed by atoms with Gasteiger partial charge >= 0.3 is 11.9 Å². The van der Waals surface area contributed by atoms with Crippen molar-refractivity contribution in [1.82, 2.24) is 0 Å². The van der Waals surface area contributed by atoms with Crippen LogP contribution in [0.5, 0.6) is 0 Å². The van der Waals surface area contributed by atoms with Crippen LogP contribution in [0.4, 0.5) is 0 Å². The zero-order valence-corrected chi connectivity index (χ0v) is 16.7. The molecule has 0 aliphatic heterocycles. The Morgan fingerprint density at radius 2 is 1.65 bits per heavy atom. The van der Waals surface area contributed by atoms with Crippen LogP contribution >= 0.6 is 11.6 Å². The van der Waals surface area contributed by atoms with E-state index in [0.717, 1.165) is 12.0 Å². The van der Waals surface area contributed by atoms with E-state index in [0.29, 0.717) is 6.42 Å². The number of aryl methyl sites for hydroxylation is 1. The number of unbranched alkanes of at least 4 members (excludes halogenated alkanes) is 1. The molecule has 0 unspecified atom stereocenters. The lowest BCUT2D eigenvalue weighted by Gasteiger charge is -2.11. The predicted octanol–water partition coefficient (Wildman–Crippen LogP) is 3.17. The van der Waals surface area contributed by atoms with E-state index in [2.05, 4.69) is 0 Å². The molecule has 0 spiro atoms. The van der Waals surface area contributed by atoms with Crippen molar-refractivity contribution >= 4 is 33.4 Å². The monoisotopic (exact) mass is 402 g/mol. The molecule has 1 aromatic carbocycles. The van der Waals surface area contributed by atoms with E-state index in [4.69, 9.17) is 21.1 Å². The summed E-state index contributed by atoms with van der Waals surface area (Å²) >= 11 is 5.94. The van der Waals surface area contributed by atoms with E-state index in [1.165, 1.54) is 12.1 Å². The number of rotatable bonds is 9. The van der Waals surface area contributed by atoms with Crippen LogP contribution in [-0.4, -0.2) is 39.3 Å². The van der Waals surface area contributed by atoms with Crippen LogP contribution in [0.1, 0.15) is 32.3 Å². The van der Waals surface area contributed by atoms with Crippen molar-refractivity contribution in [3.05, 3.63) is 40.4 Å². The maximum Gasteiger partial charge on any atom is 0.350 e. The Bertz CT molecular complexity index is 765. The van der Waals surface area contributed by atoms with Gasteiger partial charge in [0.05, 0.1) is 29.4 Å². The van der Waals surface area contributed by atoms with Crippen LogP contribution in [-0.2, 0) is 28.9 Å². The van der Waals surface area contributed by atoms with Crippen LogP contribution in [0.2, 0.25) is 0 Å². The van der Waals surface area contributed by atoms with Crippen molar-refractivity contribution in [1.29, 1.82) is 0 Å². The Hall–Kier alpha value is -1.86. The molecule has 0 amide bonds. The van der Waals surface area contributed by atoms with E-state index in [-0.39, 0.29) is 18.1 Å². The van der Waals surface area contributed by atoms with Gasteiger partial charge in [0.25, 0.3) is 0 Å². The maximum absolute atomic E-state index is 12.6. The van der Waals surface area contributed by atoms with Crippen LogP contribution in [0.3, 0.4) is 0 Å². The number of carbonyl (C=O) groups is 2. The largest absolute Gasteiger partial charge is 0.462 e. The zero-order valence-electron chi connectivity index (χ0n) is 15.1. The summed E-state index contributed by atoms with van der Waals surface area (Å²) in [5.74, 6) is -2.65. The molecule has 0 atom stereocenters. The first-order valence-electron chi connectivity index (χ1n) is 8.25. The highest BCUT2D eigenvalue weighted by atomic mass is 35.5. The predicted molar refractivity (Wildman–Crippen MR) is 98.6 cm³/mol. The van der Waals surface area contributed by atoms with E-state index >= 15 is 0 Å². The number of hydrogen-bond acceptors (Lipinski definition) is 6. The third-order valence-corrected chi connectivity index (χ3v) is 5.45. The third-order valence-electron chi connectivity index (χ3n) is 3.41. The second-order valence-electron chi connectivity index (χ2n) is 5.57. The molecule has 0 heterocycles. The highest BCUT2D eigenvalue weighted by Gasteiger charge is 2.28. The first-order valence-corrected chi connectivity index (χ1v) is 10.3. The topological polar surface area (TPSA) is 86.7 Å². The van der Waals surface area contributed by atoms with Gasteiger partial charge < -0.3 is 9.47 Å². The summed E-state index contributed by atoms with van der Waals surface area (Å²) in [5, 5.41) is -0.580. The number of sulfone groups is 1. The van der Waals surface area contributed by atoms with Gasteiger partial charge in [0.1, 0.15) is 5.03 Å². The molecule has 0 saturated carbocycles. The average molecular weight is 403 g/mol. The molecular formula is C18H23ClO6S. The standard InChI is InChI=1S/C18H23ClO6S/c1-4-6-11-25-17(20)15(16(19)18(21)24-5-2)12-26(22,23)14-9-7-13(3)8-10-14/h7-10H,4-6,11-12H2,1-3H3/b16-15+. The summed E-state index contributed by atoms with van der Waals surface area (Å²) < 4.78 is 35.0. The molecule has 0 saturated heterocycles. The van der Waals surface area contributed by atoms with Crippen molar-refractivity contribution in [3.8, 4) is 0 Å². The summed E-state index contributed by atoms with van der Waals surface area (Å²) in [5.41, 5.74) is 0.463. The van der Waals surface area contributed by atoms with Gasteiger partial charge in [0.2, 0.25) is 0 Å². The van der Waals surface area contributed by atoms with Crippen LogP contribution in [0.25, 0.3) is 0 Å². The number of carbonyl (C=O) groups excluding carboxylic acids is 2. The smallest absolute Gasteiger partial charge is 0.350 e. The van der Waals surface area contributed by atoms with Crippen LogP contribution in [0.15, 0.2) is 39.8 Å². The minimum absolute atomic E-state index is 0.0234. The van der Waals surface area contributed by atoms with Crippen LogP contribution in [0, 0.1) is 6.92 Å². The number of esters is 2. The highest BCUT2D eigenvalue weighted by molar-refractivity contribution is 7.91. The fraction of sp³-hybridized carbons (Fsp3) is 0.444. The molecular weight excluding hydrogens is 380 g/mol. The molecule has 8 heteroatoms. The van der Waals surface area contributed by atoms with Gasteiger partial charge in [-0.1, -0.05) is 42.6 Å². The number of ether oxygens (including phenoxy) is 2.